The van der Waals surface area contributed by atoms with E-state index >= 15 is 0 Å². The number of halogens is 3. The number of aliphatic hydroxyl groups excluding tert-OH is 1. The van der Waals surface area contributed by atoms with Crippen LogP contribution in [-0.4, -0.2) is 11.7 Å². The second-order valence-electron chi connectivity index (χ2n) is 4.11. The van der Waals surface area contributed by atoms with Gasteiger partial charge in [0.2, 0.25) is 0 Å². The van der Waals surface area contributed by atoms with Gasteiger partial charge in [-0.15, -0.1) is 0 Å². The van der Waals surface area contributed by atoms with Gasteiger partial charge in [-0.05, 0) is 24.3 Å². The molecule has 0 aliphatic carbocycles. The van der Waals surface area contributed by atoms with Gasteiger partial charge in [-0.1, -0.05) is 35.6 Å². The molecule has 0 spiro atoms. The number of hydrogen-bond acceptors (Lipinski definition) is 2. The fourth-order valence-corrected chi connectivity index (χ4v) is 1.87. The first-order valence-electron chi connectivity index (χ1n) is 6.07. The predicted molar refractivity (Wildman–Crippen MR) is 76.1 cm³/mol. The molecule has 21 heavy (non-hydrogen) atoms. The molecule has 1 N–H and O–H groups in total. The highest BCUT2D eigenvalue weighted by molar-refractivity contribution is 6.32. The Kier molecular flexibility index (Phi) is 5.15. The number of hydrogen-bond donors (Lipinski definition) is 1. The molecule has 0 aliphatic heterocycles. The second kappa shape index (κ2) is 7.07. The Balaban J connectivity index is 2.14. The molecular weight excluding hydrogens is 298 g/mol. The molecule has 2 aromatic carbocycles. The maximum absolute atomic E-state index is 13.8. The second-order valence-corrected chi connectivity index (χ2v) is 4.51. The summed E-state index contributed by atoms with van der Waals surface area (Å²) in [6.07, 6.45) is 0. The van der Waals surface area contributed by atoms with Crippen molar-refractivity contribution in [2.24, 2.45) is 0 Å². The Morgan fingerprint density at radius 3 is 2.62 bits per heavy atom. The van der Waals surface area contributed by atoms with E-state index in [1.165, 1.54) is 30.3 Å². The largest absolute Gasteiger partial charge is 0.484 e. The zero-order valence-corrected chi connectivity index (χ0v) is 11.6. The van der Waals surface area contributed by atoms with E-state index < -0.39 is 11.6 Å². The third-order valence-corrected chi connectivity index (χ3v) is 2.95. The molecule has 0 saturated carbocycles. The van der Waals surface area contributed by atoms with Crippen LogP contribution in [0.15, 0.2) is 36.4 Å². The number of para-hydroxylation sites is 1. The first-order valence-corrected chi connectivity index (χ1v) is 6.44. The SMILES string of the molecule is OCC#Cc1ccc(COc2c(F)cccc2Cl)c(F)c1. The van der Waals surface area contributed by atoms with Crippen LogP contribution in [0.2, 0.25) is 5.02 Å². The molecule has 2 nitrogen and oxygen atoms in total. The lowest BCUT2D eigenvalue weighted by molar-refractivity contribution is 0.285. The topological polar surface area (TPSA) is 29.5 Å². The average Bonchev–Trinajstić information content (AvgIpc) is 2.46. The Morgan fingerprint density at radius 2 is 1.95 bits per heavy atom. The van der Waals surface area contributed by atoms with Crippen molar-refractivity contribution >= 4 is 11.6 Å². The van der Waals surface area contributed by atoms with Gasteiger partial charge in [-0.2, -0.15) is 0 Å². The molecular formula is C16H11ClF2O2. The van der Waals surface area contributed by atoms with Crippen molar-refractivity contribution in [2.45, 2.75) is 6.61 Å². The normalized spacial score (nSPS) is 9.90. The van der Waals surface area contributed by atoms with Crippen LogP contribution in [0.5, 0.6) is 5.75 Å². The van der Waals surface area contributed by atoms with Gasteiger partial charge < -0.3 is 9.84 Å². The van der Waals surface area contributed by atoms with Gasteiger partial charge in [0.05, 0.1) is 5.02 Å². The molecule has 0 aliphatic rings. The van der Waals surface area contributed by atoms with Gasteiger partial charge in [0.1, 0.15) is 19.0 Å². The molecule has 0 amide bonds. The first kappa shape index (κ1) is 15.3. The van der Waals surface area contributed by atoms with Crippen molar-refractivity contribution in [1.82, 2.24) is 0 Å². The summed E-state index contributed by atoms with van der Waals surface area (Å²) < 4.78 is 32.6. The van der Waals surface area contributed by atoms with Crippen LogP contribution in [-0.2, 0) is 6.61 Å². The van der Waals surface area contributed by atoms with E-state index in [1.807, 2.05) is 0 Å². The van der Waals surface area contributed by atoms with Crippen LogP contribution < -0.4 is 4.74 Å². The van der Waals surface area contributed by atoms with Crippen molar-refractivity contribution in [3.05, 3.63) is 64.2 Å². The van der Waals surface area contributed by atoms with Gasteiger partial charge in [0.25, 0.3) is 0 Å². The van der Waals surface area contributed by atoms with E-state index in [1.54, 1.807) is 6.07 Å². The van der Waals surface area contributed by atoms with Crippen LogP contribution in [0.3, 0.4) is 0 Å². The molecule has 0 heterocycles. The predicted octanol–water partition coefficient (Wildman–Crippen LogP) is 3.54. The molecule has 0 atom stereocenters. The fourth-order valence-electron chi connectivity index (χ4n) is 1.65. The smallest absolute Gasteiger partial charge is 0.174 e. The highest BCUT2D eigenvalue weighted by Crippen LogP contribution is 2.28. The summed E-state index contributed by atoms with van der Waals surface area (Å²) >= 11 is 5.82. The van der Waals surface area contributed by atoms with Gasteiger partial charge in [-0.3, -0.25) is 0 Å². The molecule has 0 saturated heterocycles. The summed E-state index contributed by atoms with van der Waals surface area (Å²) in [7, 11) is 0. The zero-order chi connectivity index (χ0) is 15.2. The van der Waals surface area contributed by atoms with Crippen LogP contribution in [0, 0.1) is 23.5 Å². The van der Waals surface area contributed by atoms with Gasteiger partial charge in [0, 0.05) is 11.1 Å². The van der Waals surface area contributed by atoms with E-state index in [-0.39, 0.29) is 29.5 Å². The van der Waals surface area contributed by atoms with E-state index in [4.69, 9.17) is 21.4 Å². The first-order chi connectivity index (χ1) is 10.1. The third-order valence-electron chi connectivity index (χ3n) is 2.66. The molecule has 0 aromatic heterocycles. The highest BCUT2D eigenvalue weighted by atomic mass is 35.5. The summed E-state index contributed by atoms with van der Waals surface area (Å²) in [6, 6.07) is 8.47. The Morgan fingerprint density at radius 1 is 1.14 bits per heavy atom. The summed E-state index contributed by atoms with van der Waals surface area (Å²) in [5.41, 5.74) is 0.693. The Hall–Kier alpha value is -2.09. The minimum atomic E-state index is -0.603. The summed E-state index contributed by atoms with van der Waals surface area (Å²) in [6.45, 7) is -0.446. The van der Waals surface area contributed by atoms with E-state index in [0.717, 1.165) is 0 Å². The van der Waals surface area contributed by atoms with Crippen LogP contribution in [0.1, 0.15) is 11.1 Å². The molecule has 108 valence electrons. The lowest BCUT2D eigenvalue weighted by atomic mass is 10.1. The molecule has 0 radical (unpaired) electrons. The van der Waals surface area contributed by atoms with Crippen LogP contribution in [0.25, 0.3) is 0 Å². The van der Waals surface area contributed by atoms with Crippen LogP contribution >= 0.6 is 11.6 Å². The summed E-state index contributed by atoms with van der Waals surface area (Å²) in [5.74, 6) is 3.78. The van der Waals surface area contributed by atoms with Crippen molar-refractivity contribution in [3.63, 3.8) is 0 Å². The minimum absolute atomic E-state index is 0.109. The monoisotopic (exact) mass is 308 g/mol. The molecule has 0 bridgehead atoms. The van der Waals surface area contributed by atoms with Crippen molar-refractivity contribution < 1.29 is 18.6 Å². The highest BCUT2D eigenvalue weighted by Gasteiger charge is 2.10. The number of aliphatic hydroxyl groups is 1. The van der Waals surface area contributed by atoms with E-state index in [9.17, 15) is 8.78 Å². The third kappa shape index (κ3) is 3.94. The van der Waals surface area contributed by atoms with E-state index in [2.05, 4.69) is 11.8 Å². The standard InChI is InChI=1S/C16H11ClF2O2/c17-13-4-1-5-14(18)16(13)21-10-12-7-6-11(3-2-8-20)9-15(12)19/h1,4-7,9,20H,8,10H2. The molecule has 5 heteroatoms. The molecule has 0 fully saturated rings. The average molecular weight is 309 g/mol. The zero-order valence-electron chi connectivity index (χ0n) is 10.9. The van der Waals surface area contributed by atoms with E-state index in [0.29, 0.717) is 5.56 Å². The van der Waals surface area contributed by atoms with Gasteiger partial charge in [0.15, 0.2) is 11.6 Å². The van der Waals surface area contributed by atoms with Crippen LogP contribution in [0.4, 0.5) is 8.78 Å². The maximum atomic E-state index is 13.8. The maximum Gasteiger partial charge on any atom is 0.174 e. The molecule has 2 aromatic rings. The lowest BCUT2D eigenvalue weighted by Gasteiger charge is -2.09. The fraction of sp³-hybridized carbons (Fsp3) is 0.125. The molecule has 0 unspecified atom stereocenters. The lowest BCUT2D eigenvalue weighted by Crippen LogP contribution is -2.01. The van der Waals surface area contributed by atoms with Crippen molar-refractivity contribution in [3.8, 4) is 17.6 Å². The summed E-state index contributed by atoms with van der Waals surface area (Å²) in [5, 5.41) is 8.70. The number of benzene rings is 2. The quantitative estimate of drug-likeness (QED) is 0.879. The Bertz CT molecular complexity index is 685. The van der Waals surface area contributed by atoms with Gasteiger partial charge in [-0.25, -0.2) is 8.78 Å². The number of ether oxygens (including phenoxy) is 1. The minimum Gasteiger partial charge on any atom is -0.484 e. The molecule has 2 rings (SSSR count). The number of rotatable bonds is 3. The van der Waals surface area contributed by atoms with Crippen molar-refractivity contribution in [2.75, 3.05) is 6.61 Å². The Labute approximate surface area is 125 Å². The van der Waals surface area contributed by atoms with Gasteiger partial charge >= 0.3 is 0 Å². The van der Waals surface area contributed by atoms with Crippen molar-refractivity contribution in [1.29, 1.82) is 0 Å². The summed E-state index contributed by atoms with van der Waals surface area (Å²) in [4.78, 5) is 0.